The summed E-state index contributed by atoms with van der Waals surface area (Å²) in [7, 11) is 0. The Morgan fingerprint density at radius 3 is 2.92 bits per heavy atom. The van der Waals surface area contributed by atoms with Crippen LogP contribution in [0.2, 0.25) is 0 Å². The van der Waals surface area contributed by atoms with Crippen LogP contribution in [0.15, 0.2) is 12.7 Å². The SMILES string of the molecule is C=CCOC(=O)N1C[C@@H](C)[C@@H](N)C1. The molecule has 0 aromatic heterocycles. The zero-order valence-electron chi connectivity index (χ0n) is 7.90. The molecule has 1 aliphatic rings. The molecule has 1 saturated heterocycles. The van der Waals surface area contributed by atoms with Crippen molar-refractivity contribution in [2.75, 3.05) is 19.7 Å². The molecule has 13 heavy (non-hydrogen) atoms. The van der Waals surface area contributed by atoms with Crippen molar-refractivity contribution in [3.05, 3.63) is 12.7 Å². The van der Waals surface area contributed by atoms with Crippen molar-refractivity contribution in [3.63, 3.8) is 0 Å². The zero-order valence-corrected chi connectivity index (χ0v) is 7.90. The highest BCUT2D eigenvalue weighted by molar-refractivity contribution is 5.68. The van der Waals surface area contributed by atoms with Crippen LogP contribution in [0.4, 0.5) is 4.79 Å². The average molecular weight is 184 g/mol. The van der Waals surface area contributed by atoms with E-state index in [4.69, 9.17) is 10.5 Å². The van der Waals surface area contributed by atoms with Gasteiger partial charge in [0.05, 0.1) is 0 Å². The van der Waals surface area contributed by atoms with Crippen molar-refractivity contribution < 1.29 is 9.53 Å². The van der Waals surface area contributed by atoms with E-state index in [1.54, 1.807) is 11.0 Å². The van der Waals surface area contributed by atoms with Gasteiger partial charge in [-0.1, -0.05) is 19.6 Å². The summed E-state index contributed by atoms with van der Waals surface area (Å²) in [5, 5.41) is 0. The van der Waals surface area contributed by atoms with Gasteiger partial charge in [0.1, 0.15) is 6.61 Å². The summed E-state index contributed by atoms with van der Waals surface area (Å²) in [6, 6.07) is 0.0799. The highest BCUT2D eigenvalue weighted by Gasteiger charge is 2.30. The molecule has 0 unspecified atom stereocenters. The topological polar surface area (TPSA) is 55.6 Å². The second-order valence-electron chi connectivity index (χ2n) is 3.41. The number of ether oxygens (including phenoxy) is 1. The lowest BCUT2D eigenvalue weighted by molar-refractivity contribution is 0.120. The number of rotatable bonds is 2. The van der Waals surface area contributed by atoms with Crippen molar-refractivity contribution in [1.82, 2.24) is 4.90 Å². The third-order valence-electron chi connectivity index (χ3n) is 2.25. The third-order valence-corrected chi connectivity index (χ3v) is 2.25. The van der Waals surface area contributed by atoms with E-state index in [1.807, 2.05) is 6.92 Å². The van der Waals surface area contributed by atoms with E-state index in [0.717, 1.165) is 0 Å². The summed E-state index contributed by atoms with van der Waals surface area (Å²) in [6.45, 7) is 7.05. The van der Waals surface area contributed by atoms with Gasteiger partial charge >= 0.3 is 6.09 Å². The number of carbonyl (C=O) groups excluding carboxylic acids is 1. The van der Waals surface area contributed by atoms with E-state index in [2.05, 4.69) is 6.58 Å². The molecule has 74 valence electrons. The van der Waals surface area contributed by atoms with Crippen molar-refractivity contribution in [2.24, 2.45) is 11.7 Å². The van der Waals surface area contributed by atoms with Gasteiger partial charge in [0, 0.05) is 19.1 Å². The van der Waals surface area contributed by atoms with Crippen LogP contribution < -0.4 is 5.73 Å². The molecule has 0 aliphatic carbocycles. The lowest BCUT2D eigenvalue weighted by Gasteiger charge is -2.14. The number of hydrogen-bond donors (Lipinski definition) is 1. The molecule has 0 aromatic rings. The van der Waals surface area contributed by atoms with Crippen LogP contribution in [-0.4, -0.2) is 36.7 Å². The summed E-state index contributed by atoms with van der Waals surface area (Å²) in [4.78, 5) is 12.9. The largest absolute Gasteiger partial charge is 0.445 e. The Morgan fingerprint density at radius 2 is 2.46 bits per heavy atom. The van der Waals surface area contributed by atoms with Crippen LogP contribution in [0.3, 0.4) is 0 Å². The summed E-state index contributed by atoms with van der Waals surface area (Å²) in [5.41, 5.74) is 5.77. The van der Waals surface area contributed by atoms with Crippen LogP contribution in [0.25, 0.3) is 0 Å². The minimum Gasteiger partial charge on any atom is -0.445 e. The molecule has 0 saturated carbocycles. The Morgan fingerprint density at radius 1 is 1.77 bits per heavy atom. The number of carbonyl (C=O) groups is 1. The van der Waals surface area contributed by atoms with Crippen LogP contribution in [0, 0.1) is 5.92 Å². The maximum absolute atomic E-state index is 11.3. The lowest BCUT2D eigenvalue weighted by Crippen LogP contribution is -2.32. The van der Waals surface area contributed by atoms with Crippen molar-refractivity contribution in [3.8, 4) is 0 Å². The van der Waals surface area contributed by atoms with E-state index in [0.29, 0.717) is 19.0 Å². The van der Waals surface area contributed by atoms with Gasteiger partial charge in [-0.15, -0.1) is 0 Å². The quantitative estimate of drug-likeness (QED) is 0.639. The summed E-state index contributed by atoms with van der Waals surface area (Å²) in [5.74, 6) is 0.358. The number of amides is 1. The summed E-state index contributed by atoms with van der Waals surface area (Å²) < 4.78 is 4.89. The van der Waals surface area contributed by atoms with E-state index < -0.39 is 0 Å². The Hall–Kier alpha value is -1.03. The first-order valence-electron chi connectivity index (χ1n) is 4.43. The molecule has 0 aromatic carbocycles. The molecule has 1 fully saturated rings. The standard InChI is InChI=1S/C9H16N2O2/c1-3-4-13-9(12)11-5-7(2)8(10)6-11/h3,7-8H,1,4-6,10H2,2H3/t7-,8+/m1/s1. The van der Waals surface area contributed by atoms with E-state index in [-0.39, 0.29) is 18.7 Å². The molecule has 0 bridgehead atoms. The molecule has 2 atom stereocenters. The second-order valence-corrected chi connectivity index (χ2v) is 3.41. The van der Waals surface area contributed by atoms with Crippen LogP contribution in [-0.2, 0) is 4.74 Å². The van der Waals surface area contributed by atoms with Crippen molar-refractivity contribution in [2.45, 2.75) is 13.0 Å². The van der Waals surface area contributed by atoms with E-state index in [1.165, 1.54) is 0 Å². The van der Waals surface area contributed by atoms with E-state index >= 15 is 0 Å². The molecule has 2 N–H and O–H groups in total. The highest BCUT2D eigenvalue weighted by Crippen LogP contribution is 2.14. The molecule has 1 aliphatic heterocycles. The Balaban J connectivity index is 2.37. The third kappa shape index (κ3) is 2.45. The molecule has 4 nitrogen and oxygen atoms in total. The van der Waals surface area contributed by atoms with Crippen molar-refractivity contribution in [1.29, 1.82) is 0 Å². The van der Waals surface area contributed by atoms with Crippen LogP contribution in [0.5, 0.6) is 0 Å². The number of likely N-dealkylation sites (tertiary alicyclic amines) is 1. The van der Waals surface area contributed by atoms with Gasteiger partial charge in [-0.2, -0.15) is 0 Å². The minimum absolute atomic E-state index is 0.0799. The highest BCUT2D eigenvalue weighted by atomic mass is 16.6. The molecule has 1 heterocycles. The molecular weight excluding hydrogens is 168 g/mol. The molecular formula is C9H16N2O2. The Labute approximate surface area is 78.3 Å². The second kappa shape index (κ2) is 4.28. The molecule has 1 amide bonds. The molecule has 1 rings (SSSR count). The van der Waals surface area contributed by atoms with Crippen molar-refractivity contribution >= 4 is 6.09 Å². The summed E-state index contributed by atoms with van der Waals surface area (Å²) >= 11 is 0. The van der Waals surface area contributed by atoms with Crippen LogP contribution in [0.1, 0.15) is 6.92 Å². The predicted molar refractivity (Wildman–Crippen MR) is 50.3 cm³/mol. The van der Waals surface area contributed by atoms with Gasteiger partial charge in [-0.05, 0) is 5.92 Å². The fraction of sp³-hybridized carbons (Fsp3) is 0.667. The first-order chi connectivity index (χ1) is 6.15. The lowest BCUT2D eigenvalue weighted by atomic mass is 10.1. The Bertz CT molecular complexity index is 196. The predicted octanol–water partition coefficient (Wildman–Crippen LogP) is 0.588. The zero-order chi connectivity index (χ0) is 9.84. The smallest absolute Gasteiger partial charge is 0.410 e. The van der Waals surface area contributed by atoms with E-state index in [9.17, 15) is 4.79 Å². The maximum atomic E-state index is 11.3. The fourth-order valence-electron chi connectivity index (χ4n) is 1.36. The van der Waals surface area contributed by atoms with Gasteiger partial charge in [-0.3, -0.25) is 0 Å². The van der Waals surface area contributed by atoms with Gasteiger partial charge < -0.3 is 15.4 Å². The number of nitrogens with two attached hydrogens (primary N) is 1. The summed E-state index contributed by atoms with van der Waals surface area (Å²) in [6.07, 6.45) is 1.26. The van der Waals surface area contributed by atoms with Gasteiger partial charge in [0.15, 0.2) is 0 Å². The normalized spacial score (nSPS) is 27.4. The van der Waals surface area contributed by atoms with Crippen LogP contribution >= 0.6 is 0 Å². The minimum atomic E-state index is -0.292. The fourth-order valence-corrected chi connectivity index (χ4v) is 1.36. The first kappa shape index (κ1) is 10.1. The van der Waals surface area contributed by atoms with Gasteiger partial charge in [0.2, 0.25) is 0 Å². The first-order valence-corrected chi connectivity index (χ1v) is 4.43. The molecule has 0 radical (unpaired) electrons. The van der Waals surface area contributed by atoms with Gasteiger partial charge in [-0.25, -0.2) is 4.79 Å². The number of nitrogens with zero attached hydrogens (tertiary/aromatic N) is 1. The molecule has 0 spiro atoms. The maximum Gasteiger partial charge on any atom is 0.410 e. The average Bonchev–Trinajstić information content (AvgIpc) is 2.43. The number of hydrogen-bond acceptors (Lipinski definition) is 3. The monoisotopic (exact) mass is 184 g/mol. The van der Waals surface area contributed by atoms with Gasteiger partial charge in [0.25, 0.3) is 0 Å². The molecule has 4 heteroatoms. The Kier molecular flexibility index (Phi) is 3.31.